The Morgan fingerprint density at radius 3 is 2.76 bits per heavy atom. The number of hydrogen-bond donors (Lipinski definition) is 0. The standard InChI is InChI=1S/C13H11N3O/c1-2-4-10(5-3-1)12-9-17-13(16-12)11-8-14-6-7-15-11/h1-8,12H,9H2/t12-/m0/s1. The van der Waals surface area contributed by atoms with Crippen molar-refractivity contribution in [3.05, 3.63) is 60.2 Å². The van der Waals surface area contributed by atoms with E-state index in [1.807, 2.05) is 18.2 Å². The van der Waals surface area contributed by atoms with Crippen LogP contribution in [0, 0.1) is 0 Å². The Morgan fingerprint density at radius 1 is 1.12 bits per heavy atom. The highest BCUT2D eigenvalue weighted by molar-refractivity contribution is 5.92. The normalized spacial score (nSPS) is 18.6. The van der Waals surface area contributed by atoms with Gasteiger partial charge in [0, 0.05) is 12.4 Å². The van der Waals surface area contributed by atoms with Gasteiger partial charge < -0.3 is 4.74 Å². The van der Waals surface area contributed by atoms with E-state index >= 15 is 0 Å². The summed E-state index contributed by atoms with van der Waals surface area (Å²) >= 11 is 0. The summed E-state index contributed by atoms with van der Waals surface area (Å²) in [4.78, 5) is 12.7. The van der Waals surface area contributed by atoms with Gasteiger partial charge in [-0.2, -0.15) is 0 Å². The molecule has 0 amide bonds. The molecule has 3 rings (SSSR count). The van der Waals surface area contributed by atoms with Crippen LogP contribution in [0.1, 0.15) is 17.3 Å². The van der Waals surface area contributed by atoms with E-state index in [9.17, 15) is 0 Å². The van der Waals surface area contributed by atoms with E-state index in [0.717, 1.165) is 5.56 Å². The van der Waals surface area contributed by atoms with Crippen LogP contribution in [-0.2, 0) is 4.74 Å². The summed E-state index contributed by atoms with van der Waals surface area (Å²) in [6.07, 6.45) is 4.93. The van der Waals surface area contributed by atoms with Gasteiger partial charge in [0.05, 0.1) is 6.20 Å². The number of hydrogen-bond acceptors (Lipinski definition) is 4. The third-order valence-corrected chi connectivity index (χ3v) is 2.62. The van der Waals surface area contributed by atoms with Gasteiger partial charge >= 0.3 is 0 Å². The second-order valence-corrected chi connectivity index (χ2v) is 3.76. The van der Waals surface area contributed by atoms with Gasteiger partial charge in [0.25, 0.3) is 0 Å². The van der Waals surface area contributed by atoms with Crippen molar-refractivity contribution in [1.82, 2.24) is 9.97 Å². The number of nitrogens with zero attached hydrogens (tertiary/aromatic N) is 3. The molecule has 0 aliphatic carbocycles. The molecule has 1 aliphatic heterocycles. The Morgan fingerprint density at radius 2 is 2.00 bits per heavy atom. The highest BCUT2D eigenvalue weighted by Crippen LogP contribution is 2.23. The minimum atomic E-state index is 0.0632. The Bertz CT molecular complexity index is 525. The van der Waals surface area contributed by atoms with Crippen LogP contribution < -0.4 is 0 Å². The van der Waals surface area contributed by atoms with Crippen LogP contribution in [0.25, 0.3) is 0 Å². The van der Waals surface area contributed by atoms with Crippen LogP contribution in [0.5, 0.6) is 0 Å². The fraction of sp³-hybridized carbons (Fsp3) is 0.154. The first kappa shape index (κ1) is 9.96. The maximum atomic E-state index is 5.55. The van der Waals surface area contributed by atoms with Crippen LogP contribution in [-0.4, -0.2) is 22.5 Å². The number of rotatable bonds is 2. The lowest BCUT2D eigenvalue weighted by Gasteiger charge is -2.03. The summed E-state index contributed by atoms with van der Waals surface area (Å²) in [6.45, 7) is 0.565. The van der Waals surface area contributed by atoms with Crippen molar-refractivity contribution in [2.24, 2.45) is 4.99 Å². The molecule has 0 bridgehead atoms. The zero-order valence-electron chi connectivity index (χ0n) is 9.15. The molecule has 17 heavy (non-hydrogen) atoms. The molecule has 1 aromatic heterocycles. The van der Waals surface area contributed by atoms with Crippen LogP contribution in [0.4, 0.5) is 0 Å². The monoisotopic (exact) mass is 225 g/mol. The Balaban J connectivity index is 1.87. The molecular weight excluding hydrogens is 214 g/mol. The average Bonchev–Trinajstić information content (AvgIpc) is 2.90. The van der Waals surface area contributed by atoms with Gasteiger partial charge in [-0.25, -0.2) is 9.98 Å². The largest absolute Gasteiger partial charge is 0.474 e. The van der Waals surface area contributed by atoms with E-state index in [1.165, 1.54) is 0 Å². The van der Waals surface area contributed by atoms with Gasteiger partial charge in [0.1, 0.15) is 18.3 Å². The molecule has 4 nitrogen and oxygen atoms in total. The number of ether oxygens (including phenoxy) is 1. The highest BCUT2D eigenvalue weighted by atomic mass is 16.5. The van der Waals surface area contributed by atoms with Crippen molar-refractivity contribution in [3.8, 4) is 0 Å². The SMILES string of the molecule is c1ccc([C@@H]2COC(c3cnccn3)=N2)cc1. The molecule has 0 saturated carbocycles. The molecule has 0 unspecified atom stereocenters. The van der Waals surface area contributed by atoms with E-state index in [-0.39, 0.29) is 6.04 Å². The van der Waals surface area contributed by atoms with Crippen LogP contribution >= 0.6 is 0 Å². The Kier molecular flexibility index (Phi) is 2.54. The second kappa shape index (κ2) is 4.33. The average molecular weight is 225 g/mol. The minimum absolute atomic E-state index is 0.0632. The maximum Gasteiger partial charge on any atom is 0.237 e. The zero-order chi connectivity index (χ0) is 11.5. The molecule has 1 atom stereocenters. The molecule has 0 N–H and O–H groups in total. The smallest absolute Gasteiger partial charge is 0.237 e. The van der Waals surface area contributed by atoms with Crippen molar-refractivity contribution < 1.29 is 4.74 Å². The molecule has 0 saturated heterocycles. The predicted octanol–water partition coefficient (Wildman–Crippen LogP) is 1.99. The quantitative estimate of drug-likeness (QED) is 0.785. The first-order valence-electron chi connectivity index (χ1n) is 5.45. The number of benzene rings is 1. The fourth-order valence-corrected chi connectivity index (χ4v) is 1.77. The molecule has 0 fully saturated rings. The fourth-order valence-electron chi connectivity index (χ4n) is 1.77. The summed E-state index contributed by atoms with van der Waals surface area (Å²) in [7, 11) is 0. The maximum absolute atomic E-state index is 5.55. The Labute approximate surface area is 99.0 Å². The van der Waals surface area contributed by atoms with Crippen molar-refractivity contribution in [2.45, 2.75) is 6.04 Å². The number of aliphatic imine (C=N–C) groups is 1. The second-order valence-electron chi connectivity index (χ2n) is 3.76. The third kappa shape index (κ3) is 2.01. The lowest BCUT2D eigenvalue weighted by atomic mass is 10.1. The van der Waals surface area contributed by atoms with Crippen molar-refractivity contribution in [2.75, 3.05) is 6.61 Å². The van der Waals surface area contributed by atoms with Gasteiger partial charge in [-0.15, -0.1) is 0 Å². The van der Waals surface area contributed by atoms with E-state index in [4.69, 9.17) is 4.74 Å². The molecule has 1 aliphatic rings. The third-order valence-electron chi connectivity index (χ3n) is 2.62. The lowest BCUT2D eigenvalue weighted by molar-refractivity contribution is 0.319. The first-order valence-corrected chi connectivity index (χ1v) is 5.45. The van der Waals surface area contributed by atoms with Crippen molar-refractivity contribution >= 4 is 5.90 Å². The predicted molar refractivity (Wildman–Crippen MR) is 63.7 cm³/mol. The summed E-state index contributed by atoms with van der Waals surface area (Å²) in [5.41, 5.74) is 1.84. The van der Waals surface area contributed by atoms with E-state index in [2.05, 4.69) is 27.1 Å². The molecule has 84 valence electrons. The van der Waals surface area contributed by atoms with Crippen LogP contribution in [0.15, 0.2) is 53.9 Å². The zero-order valence-corrected chi connectivity index (χ0v) is 9.15. The minimum Gasteiger partial charge on any atom is -0.474 e. The van der Waals surface area contributed by atoms with Gasteiger partial charge in [0.2, 0.25) is 5.90 Å². The van der Waals surface area contributed by atoms with Crippen LogP contribution in [0.2, 0.25) is 0 Å². The number of aromatic nitrogens is 2. The van der Waals surface area contributed by atoms with E-state index in [0.29, 0.717) is 18.2 Å². The summed E-state index contributed by atoms with van der Waals surface area (Å²) in [6, 6.07) is 10.2. The van der Waals surface area contributed by atoms with Gasteiger partial charge in [-0.3, -0.25) is 4.98 Å². The molecule has 0 spiro atoms. The molecule has 4 heteroatoms. The Hall–Kier alpha value is -2.23. The first-order chi connectivity index (χ1) is 8.43. The van der Waals surface area contributed by atoms with E-state index < -0.39 is 0 Å². The summed E-state index contributed by atoms with van der Waals surface area (Å²) in [5.74, 6) is 0.576. The van der Waals surface area contributed by atoms with Gasteiger partial charge in [0.15, 0.2) is 0 Å². The molecular formula is C13H11N3O. The van der Waals surface area contributed by atoms with Crippen molar-refractivity contribution in [3.63, 3.8) is 0 Å². The summed E-state index contributed by atoms with van der Waals surface area (Å²) in [5, 5.41) is 0. The van der Waals surface area contributed by atoms with E-state index in [1.54, 1.807) is 18.6 Å². The van der Waals surface area contributed by atoms with Crippen molar-refractivity contribution in [1.29, 1.82) is 0 Å². The lowest BCUT2D eigenvalue weighted by Crippen LogP contribution is -2.03. The highest BCUT2D eigenvalue weighted by Gasteiger charge is 2.22. The molecule has 2 aromatic rings. The van der Waals surface area contributed by atoms with Gasteiger partial charge in [-0.05, 0) is 5.56 Å². The molecule has 0 radical (unpaired) electrons. The molecule has 1 aromatic carbocycles. The topological polar surface area (TPSA) is 47.4 Å². The summed E-state index contributed by atoms with van der Waals surface area (Å²) < 4.78 is 5.55. The van der Waals surface area contributed by atoms with Crippen LogP contribution in [0.3, 0.4) is 0 Å². The van der Waals surface area contributed by atoms with Gasteiger partial charge in [-0.1, -0.05) is 30.3 Å². The molecule has 2 heterocycles.